The van der Waals surface area contributed by atoms with Crippen LogP contribution in [0.3, 0.4) is 0 Å². The van der Waals surface area contributed by atoms with Crippen LogP contribution in [0.5, 0.6) is 0 Å². The van der Waals surface area contributed by atoms with E-state index in [4.69, 9.17) is 0 Å². The van der Waals surface area contributed by atoms with Gasteiger partial charge in [-0.15, -0.1) is 0 Å². The van der Waals surface area contributed by atoms with Gasteiger partial charge in [0.2, 0.25) is 0 Å². The maximum absolute atomic E-state index is 10.8. The van der Waals surface area contributed by atoms with Crippen molar-refractivity contribution in [2.45, 2.75) is 54.6 Å². The summed E-state index contributed by atoms with van der Waals surface area (Å²) in [5.41, 5.74) is 2.78. The van der Waals surface area contributed by atoms with Crippen LogP contribution in [-0.2, 0) is 0 Å². The molecule has 1 aliphatic rings. The zero-order valence-electron chi connectivity index (χ0n) is 14.0. The van der Waals surface area contributed by atoms with Crippen LogP contribution in [0, 0.1) is 16.0 Å². The number of non-ortho nitro benzene ring substituents is 1. The molecule has 120 valence electrons. The van der Waals surface area contributed by atoms with Crippen molar-refractivity contribution in [3.8, 4) is 0 Å². The second-order valence-corrected chi connectivity index (χ2v) is 19.1. The number of hydrogen-bond donors (Lipinski definition) is 0. The molecule has 2 rings (SSSR count). The molecule has 1 aromatic rings. The number of rotatable bonds is 5. The van der Waals surface area contributed by atoms with Crippen LogP contribution < -0.4 is 0 Å². The quantitative estimate of drug-likeness (QED) is 0.372. The fraction of sp³-hybridized carbons (Fsp3) is 0.556. The first-order valence-electron chi connectivity index (χ1n) is 8.31. The fourth-order valence-corrected chi connectivity index (χ4v) is 6.28. The van der Waals surface area contributed by atoms with Crippen molar-refractivity contribution in [2.24, 2.45) is 5.92 Å². The molecular formula is C18H27GeNO2. The van der Waals surface area contributed by atoms with Crippen LogP contribution in [-0.4, -0.2) is 18.2 Å². The van der Waals surface area contributed by atoms with E-state index in [0.29, 0.717) is 5.92 Å². The van der Waals surface area contributed by atoms with Gasteiger partial charge in [0.1, 0.15) is 0 Å². The average Bonchev–Trinajstić information content (AvgIpc) is 2.46. The Morgan fingerprint density at radius 3 is 2.27 bits per heavy atom. The molecule has 1 aromatic carbocycles. The Morgan fingerprint density at radius 1 is 1.18 bits per heavy atom. The molecule has 1 saturated carbocycles. The predicted octanol–water partition coefficient (Wildman–Crippen LogP) is 5.90. The summed E-state index contributed by atoms with van der Waals surface area (Å²) in [6.45, 7) is 0. The minimum absolute atomic E-state index is 0.179. The van der Waals surface area contributed by atoms with Gasteiger partial charge in [-0.2, -0.15) is 0 Å². The van der Waals surface area contributed by atoms with Crippen molar-refractivity contribution in [3.05, 3.63) is 46.0 Å². The third kappa shape index (κ3) is 5.27. The number of allylic oxidation sites excluding steroid dienone is 2. The number of hydrogen-bond acceptors (Lipinski definition) is 2. The Bertz CT molecular complexity index is 537. The molecule has 0 N–H and O–H groups in total. The third-order valence-electron chi connectivity index (χ3n) is 4.26. The SMILES string of the molecule is [CH3][Ge]([CH3])([CH3])[CH2]/C(=C\C1CCCCC1)c1ccc([N+](=O)[O-])cc1. The van der Waals surface area contributed by atoms with Gasteiger partial charge in [-0.1, -0.05) is 0 Å². The van der Waals surface area contributed by atoms with E-state index in [2.05, 4.69) is 23.3 Å². The molecular weight excluding hydrogens is 335 g/mol. The standard InChI is InChI=1S/C18H27GeNO2/c1-19(2,3)14-17(13-15-7-5-4-6-8-15)16-9-11-18(12-10-16)20(21)22/h9-13,15H,4-8,14H2,1-3H3/b17-13+. The molecule has 0 unspecified atom stereocenters. The van der Waals surface area contributed by atoms with Crippen LogP contribution in [0.25, 0.3) is 5.57 Å². The first kappa shape index (κ1) is 17.3. The topological polar surface area (TPSA) is 43.1 Å². The summed E-state index contributed by atoms with van der Waals surface area (Å²) in [5, 5.41) is 12.0. The van der Waals surface area contributed by atoms with E-state index < -0.39 is 13.3 Å². The van der Waals surface area contributed by atoms with Crippen molar-refractivity contribution >= 4 is 24.5 Å². The van der Waals surface area contributed by atoms with Crippen molar-refractivity contribution in [2.75, 3.05) is 0 Å². The van der Waals surface area contributed by atoms with E-state index >= 15 is 0 Å². The monoisotopic (exact) mass is 363 g/mol. The average molecular weight is 362 g/mol. The molecule has 0 spiro atoms. The molecule has 0 radical (unpaired) electrons. The number of nitro groups is 1. The molecule has 0 atom stereocenters. The molecule has 0 bridgehead atoms. The first-order valence-corrected chi connectivity index (χ1v) is 16.1. The van der Waals surface area contributed by atoms with E-state index in [1.807, 2.05) is 12.1 Å². The van der Waals surface area contributed by atoms with Gasteiger partial charge < -0.3 is 0 Å². The Labute approximate surface area is 136 Å². The van der Waals surface area contributed by atoms with Crippen molar-refractivity contribution in [1.29, 1.82) is 0 Å². The summed E-state index contributed by atoms with van der Waals surface area (Å²) in [4.78, 5) is 10.5. The van der Waals surface area contributed by atoms with E-state index in [1.165, 1.54) is 48.5 Å². The minimum atomic E-state index is -1.73. The molecule has 1 fully saturated rings. The normalized spacial score (nSPS) is 17.5. The van der Waals surface area contributed by atoms with Crippen molar-refractivity contribution < 1.29 is 4.92 Å². The summed E-state index contributed by atoms with van der Waals surface area (Å²) in [6, 6.07) is 7.14. The van der Waals surface area contributed by atoms with E-state index in [1.54, 1.807) is 12.1 Å². The molecule has 0 aliphatic heterocycles. The van der Waals surface area contributed by atoms with Gasteiger partial charge in [-0.25, -0.2) is 0 Å². The van der Waals surface area contributed by atoms with Crippen molar-refractivity contribution in [1.82, 2.24) is 0 Å². The van der Waals surface area contributed by atoms with Gasteiger partial charge in [0, 0.05) is 0 Å². The van der Waals surface area contributed by atoms with Crippen LogP contribution in [0.15, 0.2) is 30.3 Å². The van der Waals surface area contributed by atoms with Gasteiger partial charge in [0.05, 0.1) is 0 Å². The van der Waals surface area contributed by atoms with Gasteiger partial charge >= 0.3 is 136 Å². The fourth-order valence-electron chi connectivity index (χ4n) is 3.21. The first-order chi connectivity index (χ1) is 10.3. The molecule has 0 amide bonds. The van der Waals surface area contributed by atoms with E-state index in [0.717, 1.165) is 0 Å². The number of benzene rings is 1. The third-order valence-corrected chi connectivity index (χ3v) is 7.28. The van der Waals surface area contributed by atoms with Crippen LogP contribution in [0.2, 0.25) is 22.5 Å². The zero-order valence-corrected chi connectivity index (χ0v) is 16.1. The van der Waals surface area contributed by atoms with Crippen LogP contribution in [0.1, 0.15) is 37.7 Å². The maximum atomic E-state index is 10.8. The Hall–Kier alpha value is -1.10. The van der Waals surface area contributed by atoms with Gasteiger partial charge in [-0.3, -0.25) is 0 Å². The molecule has 1 aliphatic carbocycles. The molecule has 22 heavy (non-hydrogen) atoms. The summed E-state index contributed by atoms with van der Waals surface area (Å²) in [5.74, 6) is 7.99. The number of nitro benzene ring substituents is 1. The Balaban J connectivity index is 2.26. The van der Waals surface area contributed by atoms with E-state index in [-0.39, 0.29) is 10.6 Å². The van der Waals surface area contributed by atoms with E-state index in [9.17, 15) is 10.1 Å². The number of nitrogens with zero attached hydrogens (tertiary/aromatic N) is 1. The summed E-state index contributed by atoms with van der Waals surface area (Å²) in [6.07, 6.45) is 9.13. The molecule has 4 heteroatoms. The summed E-state index contributed by atoms with van der Waals surface area (Å²) in [7, 11) is 0. The zero-order chi connectivity index (χ0) is 16.2. The second-order valence-electron chi connectivity index (χ2n) is 7.63. The second kappa shape index (κ2) is 7.45. The molecule has 0 saturated heterocycles. The Morgan fingerprint density at radius 2 is 1.77 bits per heavy atom. The summed E-state index contributed by atoms with van der Waals surface area (Å²) >= 11 is -1.73. The van der Waals surface area contributed by atoms with Crippen LogP contribution in [0.4, 0.5) is 5.69 Å². The van der Waals surface area contributed by atoms with Crippen LogP contribution >= 0.6 is 0 Å². The van der Waals surface area contributed by atoms with Gasteiger partial charge in [0.25, 0.3) is 0 Å². The molecule has 0 aromatic heterocycles. The molecule has 3 nitrogen and oxygen atoms in total. The van der Waals surface area contributed by atoms with Gasteiger partial charge in [0.15, 0.2) is 0 Å². The predicted molar refractivity (Wildman–Crippen MR) is 95.8 cm³/mol. The molecule has 0 heterocycles. The van der Waals surface area contributed by atoms with Gasteiger partial charge in [-0.05, 0) is 0 Å². The summed E-state index contributed by atoms with van der Waals surface area (Å²) < 4.78 is 0. The Kier molecular flexibility index (Phi) is 5.84. The van der Waals surface area contributed by atoms with Crippen molar-refractivity contribution in [3.63, 3.8) is 0 Å².